The van der Waals surface area contributed by atoms with E-state index in [1.807, 2.05) is 17.5 Å². The van der Waals surface area contributed by atoms with Gasteiger partial charge in [-0.2, -0.15) is 0 Å². The van der Waals surface area contributed by atoms with E-state index in [1.54, 1.807) is 31.4 Å². The predicted octanol–water partition coefficient (Wildman–Crippen LogP) is 3.40. The van der Waals surface area contributed by atoms with Crippen LogP contribution in [0.5, 0.6) is 5.75 Å². The number of benzene rings is 1. The number of hydrogen-bond acceptors (Lipinski definition) is 3. The van der Waals surface area contributed by atoms with Gasteiger partial charge in [0.05, 0.1) is 12.1 Å². The number of urea groups is 1. The lowest BCUT2D eigenvalue weighted by Crippen LogP contribution is -2.18. The SMILES string of the molecule is COc1ccc(NC(=O)Nc2cccs2)cc1. The van der Waals surface area contributed by atoms with Crippen LogP contribution in [0, 0.1) is 0 Å². The molecule has 0 saturated carbocycles. The number of rotatable bonds is 3. The number of hydrogen-bond donors (Lipinski definition) is 2. The van der Waals surface area contributed by atoms with Crippen molar-refractivity contribution in [3.8, 4) is 5.75 Å². The summed E-state index contributed by atoms with van der Waals surface area (Å²) in [5.74, 6) is 0.759. The second-order valence-electron chi connectivity index (χ2n) is 3.28. The zero-order valence-electron chi connectivity index (χ0n) is 9.27. The summed E-state index contributed by atoms with van der Waals surface area (Å²) < 4.78 is 5.03. The van der Waals surface area contributed by atoms with Crippen LogP contribution in [-0.4, -0.2) is 13.1 Å². The van der Waals surface area contributed by atoms with Crippen LogP contribution in [0.1, 0.15) is 0 Å². The third-order valence-corrected chi connectivity index (χ3v) is 2.89. The van der Waals surface area contributed by atoms with Crippen LogP contribution in [0.3, 0.4) is 0 Å². The van der Waals surface area contributed by atoms with Crippen LogP contribution in [0.25, 0.3) is 0 Å². The van der Waals surface area contributed by atoms with Crippen molar-refractivity contribution in [1.82, 2.24) is 0 Å². The Hall–Kier alpha value is -2.01. The topological polar surface area (TPSA) is 50.4 Å². The molecule has 1 aromatic carbocycles. The Bertz CT molecular complexity index is 480. The standard InChI is InChI=1S/C12H12N2O2S/c1-16-10-6-4-9(5-7-10)13-12(15)14-11-3-2-8-17-11/h2-8H,1H3,(H2,13,14,15). The minimum Gasteiger partial charge on any atom is -0.497 e. The van der Waals surface area contributed by atoms with E-state index in [9.17, 15) is 4.79 Å². The van der Waals surface area contributed by atoms with Crippen LogP contribution < -0.4 is 15.4 Å². The van der Waals surface area contributed by atoms with Gasteiger partial charge in [0.25, 0.3) is 0 Å². The molecule has 2 N–H and O–H groups in total. The lowest BCUT2D eigenvalue weighted by Gasteiger charge is -2.06. The first-order valence-electron chi connectivity index (χ1n) is 5.03. The van der Waals surface area contributed by atoms with Crippen molar-refractivity contribution in [1.29, 1.82) is 0 Å². The highest BCUT2D eigenvalue weighted by molar-refractivity contribution is 7.14. The summed E-state index contributed by atoms with van der Waals surface area (Å²) in [4.78, 5) is 11.6. The average Bonchev–Trinajstić information content (AvgIpc) is 2.82. The average molecular weight is 248 g/mol. The van der Waals surface area contributed by atoms with Gasteiger partial charge in [0, 0.05) is 5.69 Å². The van der Waals surface area contributed by atoms with Crippen molar-refractivity contribution < 1.29 is 9.53 Å². The maximum absolute atomic E-state index is 11.6. The van der Waals surface area contributed by atoms with E-state index in [-0.39, 0.29) is 6.03 Å². The lowest BCUT2D eigenvalue weighted by atomic mass is 10.3. The highest BCUT2D eigenvalue weighted by Gasteiger charge is 2.02. The van der Waals surface area contributed by atoms with Gasteiger partial charge in [-0.1, -0.05) is 0 Å². The van der Waals surface area contributed by atoms with Crippen LogP contribution in [-0.2, 0) is 0 Å². The van der Waals surface area contributed by atoms with E-state index in [2.05, 4.69) is 10.6 Å². The number of anilines is 2. The molecule has 0 bridgehead atoms. The van der Waals surface area contributed by atoms with E-state index < -0.39 is 0 Å². The largest absolute Gasteiger partial charge is 0.497 e. The van der Waals surface area contributed by atoms with Gasteiger partial charge in [-0.15, -0.1) is 11.3 Å². The molecule has 0 unspecified atom stereocenters. The number of amides is 2. The molecule has 2 amide bonds. The van der Waals surface area contributed by atoms with E-state index in [4.69, 9.17) is 4.74 Å². The molecule has 1 aromatic heterocycles. The summed E-state index contributed by atoms with van der Waals surface area (Å²) in [7, 11) is 1.60. The highest BCUT2D eigenvalue weighted by atomic mass is 32.1. The number of nitrogens with one attached hydrogen (secondary N) is 2. The number of carbonyl (C=O) groups is 1. The molecule has 0 aliphatic rings. The van der Waals surface area contributed by atoms with Crippen molar-refractivity contribution in [2.45, 2.75) is 0 Å². The first-order valence-corrected chi connectivity index (χ1v) is 5.91. The molecule has 0 radical (unpaired) electrons. The van der Waals surface area contributed by atoms with E-state index in [1.165, 1.54) is 11.3 Å². The molecule has 0 atom stereocenters. The van der Waals surface area contributed by atoms with E-state index >= 15 is 0 Å². The number of carbonyl (C=O) groups excluding carboxylic acids is 1. The fraction of sp³-hybridized carbons (Fsp3) is 0.0833. The summed E-state index contributed by atoms with van der Waals surface area (Å²) in [6.07, 6.45) is 0. The Morgan fingerprint density at radius 1 is 1.18 bits per heavy atom. The molecular formula is C12H12N2O2S. The van der Waals surface area contributed by atoms with Crippen molar-refractivity contribution >= 4 is 28.1 Å². The van der Waals surface area contributed by atoms with Gasteiger partial charge in [-0.25, -0.2) is 4.79 Å². The molecule has 0 spiro atoms. The Morgan fingerprint density at radius 2 is 1.94 bits per heavy atom. The van der Waals surface area contributed by atoms with Crippen LogP contribution >= 0.6 is 11.3 Å². The predicted molar refractivity (Wildman–Crippen MR) is 70.0 cm³/mol. The second-order valence-corrected chi connectivity index (χ2v) is 4.23. The highest BCUT2D eigenvalue weighted by Crippen LogP contribution is 2.17. The summed E-state index contributed by atoms with van der Waals surface area (Å²) in [6.45, 7) is 0. The second kappa shape index (κ2) is 5.36. The summed E-state index contributed by atoms with van der Waals surface area (Å²) in [5, 5.41) is 8.19. The normalized spacial score (nSPS) is 9.71. The van der Waals surface area contributed by atoms with Gasteiger partial charge in [0.2, 0.25) is 0 Å². The molecule has 0 aliphatic heterocycles. The molecule has 2 aromatic rings. The molecule has 2 rings (SSSR count). The summed E-state index contributed by atoms with van der Waals surface area (Å²) >= 11 is 1.48. The summed E-state index contributed by atoms with van der Waals surface area (Å²) in [5.41, 5.74) is 0.722. The van der Waals surface area contributed by atoms with Gasteiger partial charge in [0.1, 0.15) is 5.75 Å². The maximum atomic E-state index is 11.6. The van der Waals surface area contributed by atoms with Crippen molar-refractivity contribution in [2.24, 2.45) is 0 Å². The van der Waals surface area contributed by atoms with Gasteiger partial charge in [0.15, 0.2) is 0 Å². The minimum atomic E-state index is -0.252. The zero-order valence-corrected chi connectivity index (χ0v) is 10.1. The molecule has 17 heavy (non-hydrogen) atoms. The van der Waals surface area contributed by atoms with Gasteiger partial charge >= 0.3 is 6.03 Å². The third-order valence-electron chi connectivity index (χ3n) is 2.11. The van der Waals surface area contributed by atoms with Gasteiger partial charge < -0.3 is 10.1 Å². The first-order chi connectivity index (χ1) is 8.28. The first kappa shape index (κ1) is 11.5. The third kappa shape index (κ3) is 3.22. The molecule has 1 heterocycles. The lowest BCUT2D eigenvalue weighted by molar-refractivity contribution is 0.262. The molecule has 0 saturated heterocycles. The molecule has 0 fully saturated rings. The molecule has 5 heteroatoms. The Morgan fingerprint density at radius 3 is 2.53 bits per heavy atom. The molecule has 0 aliphatic carbocycles. The molecule has 4 nitrogen and oxygen atoms in total. The number of thiophene rings is 1. The Kier molecular flexibility index (Phi) is 3.62. The van der Waals surface area contributed by atoms with Crippen LogP contribution in [0.4, 0.5) is 15.5 Å². The van der Waals surface area contributed by atoms with Gasteiger partial charge in [-0.3, -0.25) is 5.32 Å². The summed E-state index contributed by atoms with van der Waals surface area (Å²) in [6, 6.07) is 10.6. The van der Waals surface area contributed by atoms with Crippen molar-refractivity contribution in [3.05, 3.63) is 41.8 Å². The molecule has 88 valence electrons. The van der Waals surface area contributed by atoms with Gasteiger partial charge in [-0.05, 0) is 41.8 Å². The van der Waals surface area contributed by atoms with Crippen molar-refractivity contribution in [2.75, 3.05) is 17.7 Å². The van der Waals surface area contributed by atoms with E-state index in [0.717, 1.165) is 16.4 Å². The van der Waals surface area contributed by atoms with E-state index in [0.29, 0.717) is 0 Å². The fourth-order valence-electron chi connectivity index (χ4n) is 1.30. The molecular weight excluding hydrogens is 236 g/mol. The van der Waals surface area contributed by atoms with Crippen LogP contribution in [0.2, 0.25) is 0 Å². The number of ether oxygens (including phenoxy) is 1. The minimum absolute atomic E-state index is 0.252. The van der Waals surface area contributed by atoms with Crippen LogP contribution in [0.15, 0.2) is 41.8 Å². The zero-order chi connectivity index (χ0) is 12.1. The number of methoxy groups -OCH3 is 1. The maximum Gasteiger partial charge on any atom is 0.324 e. The Balaban J connectivity index is 1.93. The Labute approximate surface area is 103 Å². The van der Waals surface area contributed by atoms with Crippen molar-refractivity contribution in [3.63, 3.8) is 0 Å². The smallest absolute Gasteiger partial charge is 0.324 e. The fourth-order valence-corrected chi connectivity index (χ4v) is 1.91. The quantitative estimate of drug-likeness (QED) is 0.874. The monoisotopic (exact) mass is 248 g/mol.